The summed E-state index contributed by atoms with van der Waals surface area (Å²) in [5.74, 6) is 1.11. The molecule has 0 amide bonds. The molecule has 1 aliphatic rings. The average molecular weight is 262 g/mol. The van der Waals surface area contributed by atoms with Crippen LogP contribution in [0.1, 0.15) is 18.2 Å². The van der Waals surface area contributed by atoms with E-state index in [0.29, 0.717) is 6.04 Å². The standard InChI is InChI=1S/C13H18N4S/c1-3-10-7-14-4-5-17(10)12-11-6-9(2)18-13(11)16-8-15-12/h6,8,10,14H,3-5,7H2,1-2H3. The van der Waals surface area contributed by atoms with E-state index in [-0.39, 0.29) is 0 Å². The molecule has 2 aromatic heterocycles. The van der Waals surface area contributed by atoms with Crippen LogP contribution in [0.5, 0.6) is 0 Å². The molecule has 0 bridgehead atoms. The molecular formula is C13H18N4S. The molecule has 2 aromatic rings. The van der Waals surface area contributed by atoms with E-state index in [1.807, 2.05) is 0 Å². The molecule has 1 fully saturated rings. The lowest BCUT2D eigenvalue weighted by atomic mass is 10.1. The first-order valence-corrected chi connectivity index (χ1v) is 7.29. The van der Waals surface area contributed by atoms with Gasteiger partial charge in [0.25, 0.3) is 0 Å². The molecule has 96 valence electrons. The van der Waals surface area contributed by atoms with Crippen LogP contribution in [0.2, 0.25) is 0 Å². The first-order valence-electron chi connectivity index (χ1n) is 6.48. The van der Waals surface area contributed by atoms with Crippen LogP contribution in [0.15, 0.2) is 12.4 Å². The normalized spacial score (nSPS) is 20.6. The average Bonchev–Trinajstić information content (AvgIpc) is 2.78. The first kappa shape index (κ1) is 11.9. The molecule has 1 saturated heterocycles. The summed E-state index contributed by atoms with van der Waals surface area (Å²) in [5.41, 5.74) is 0. The van der Waals surface area contributed by atoms with Gasteiger partial charge < -0.3 is 10.2 Å². The van der Waals surface area contributed by atoms with Crippen LogP contribution in [0.4, 0.5) is 5.82 Å². The van der Waals surface area contributed by atoms with Crippen molar-refractivity contribution >= 4 is 27.4 Å². The monoisotopic (exact) mass is 262 g/mol. The number of aryl methyl sites for hydroxylation is 1. The zero-order chi connectivity index (χ0) is 12.5. The second-order valence-corrected chi connectivity index (χ2v) is 5.97. The molecule has 0 radical (unpaired) electrons. The van der Waals surface area contributed by atoms with Crippen molar-refractivity contribution in [3.8, 4) is 0 Å². The number of thiophene rings is 1. The van der Waals surface area contributed by atoms with Gasteiger partial charge in [-0.1, -0.05) is 6.92 Å². The summed E-state index contributed by atoms with van der Waals surface area (Å²) in [4.78, 5) is 13.8. The van der Waals surface area contributed by atoms with Gasteiger partial charge in [-0.3, -0.25) is 0 Å². The Bertz CT molecular complexity index is 551. The van der Waals surface area contributed by atoms with Crippen molar-refractivity contribution in [2.24, 2.45) is 0 Å². The van der Waals surface area contributed by atoms with Crippen molar-refractivity contribution < 1.29 is 0 Å². The fourth-order valence-electron chi connectivity index (χ4n) is 2.60. The Hall–Kier alpha value is -1.20. The minimum atomic E-state index is 0.539. The lowest BCUT2D eigenvalue weighted by Gasteiger charge is -2.36. The molecule has 3 rings (SSSR count). The summed E-state index contributed by atoms with van der Waals surface area (Å²) in [6.07, 6.45) is 2.84. The lowest BCUT2D eigenvalue weighted by Crippen LogP contribution is -2.51. The summed E-state index contributed by atoms with van der Waals surface area (Å²) < 4.78 is 0. The van der Waals surface area contributed by atoms with Crippen LogP contribution in [0.25, 0.3) is 10.2 Å². The Labute approximate surface area is 111 Å². The molecule has 0 aliphatic carbocycles. The number of piperazine rings is 1. The van der Waals surface area contributed by atoms with Crippen molar-refractivity contribution in [2.45, 2.75) is 26.3 Å². The smallest absolute Gasteiger partial charge is 0.141 e. The second-order valence-electron chi connectivity index (χ2n) is 4.73. The third kappa shape index (κ3) is 1.97. The highest BCUT2D eigenvalue weighted by Gasteiger charge is 2.23. The van der Waals surface area contributed by atoms with E-state index in [2.05, 4.69) is 40.1 Å². The van der Waals surface area contributed by atoms with Crippen molar-refractivity contribution in [1.82, 2.24) is 15.3 Å². The minimum Gasteiger partial charge on any atom is -0.350 e. The number of nitrogens with one attached hydrogen (secondary N) is 1. The van der Waals surface area contributed by atoms with Gasteiger partial charge in [-0.05, 0) is 19.4 Å². The molecule has 0 spiro atoms. The SMILES string of the molecule is CCC1CNCCN1c1ncnc2sc(C)cc12. The number of fused-ring (bicyclic) bond motifs is 1. The van der Waals surface area contributed by atoms with Gasteiger partial charge in [-0.15, -0.1) is 11.3 Å². The summed E-state index contributed by atoms with van der Waals surface area (Å²) >= 11 is 1.75. The number of rotatable bonds is 2. The summed E-state index contributed by atoms with van der Waals surface area (Å²) in [6.45, 7) is 7.48. The maximum absolute atomic E-state index is 4.54. The Morgan fingerprint density at radius 3 is 3.22 bits per heavy atom. The predicted molar refractivity (Wildman–Crippen MR) is 76.4 cm³/mol. The Morgan fingerprint density at radius 2 is 2.39 bits per heavy atom. The van der Waals surface area contributed by atoms with Gasteiger partial charge in [0, 0.05) is 30.6 Å². The van der Waals surface area contributed by atoms with Crippen molar-refractivity contribution in [3.05, 3.63) is 17.3 Å². The van der Waals surface area contributed by atoms with E-state index in [1.165, 1.54) is 10.3 Å². The second kappa shape index (κ2) is 4.82. The van der Waals surface area contributed by atoms with Crippen molar-refractivity contribution in [2.75, 3.05) is 24.5 Å². The van der Waals surface area contributed by atoms with E-state index in [4.69, 9.17) is 0 Å². The van der Waals surface area contributed by atoms with Crippen LogP contribution in [0, 0.1) is 6.92 Å². The van der Waals surface area contributed by atoms with Crippen LogP contribution in [-0.4, -0.2) is 35.6 Å². The molecule has 0 saturated carbocycles. The molecule has 0 aromatic carbocycles. The van der Waals surface area contributed by atoms with Gasteiger partial charge in [0.15, 0.2) is 0 Å². The number of nitrogens with zero attached hydrogens (tertiary/aromatic N) is 3. The molecule has 1 atom stereocenters. The van der Waals surface area contributed by atoms with Gasteiger partial charge in [0.2, 0.25) is 0 Å². The molecule has 4 nitrogen and oxygen atoms in total. The number of aromatic nitrogens is 2. The van der Waals surface area contributed by atoms with Crippen LogP contribution in [0.3, 0.4) is 0 Å². The molecule has 1 N–H and O–H groups in total. The molecule has 5 heteroatoms. The highest BCUT2D eigenvalue weighted by Crippen LogP contribution is 2.31. The van der Waals surface area contributed by atoms with E-state index in [0.717, 1.165) is 36.7 Å². The van der Waals surface area contributed by atoms with Crippen LogP contribution >= 0.6 is 11.3 Å². The maximum atomic E-state index is 4.54. The predicted octanol–water partition coefficient (Wildman–Crippen LogP) is 2.19. The zero-order valence-corrected chi connectivity index (χ0v) is 11.6. The number of hydrogen-bond donors (Lipinski definition) is 1. The van der Waals surface area contributed by atoms with E-state index in [9.17, 15) is 0 Å². The fourth-order valence-corrected chi connectivity index (χ4v) is 3.44. The first-order chi connectivity index (χ1) is 8.79. The number of anilines is 1. The van der Waals surface area contributed by atoms with E-state index in [1.54, 1.807) is 17.7 Å². The van der Waals surface area contributed by atoms with Gasteiger partial charge in [0.05, 0.1) is 5.39 Å². The quantitative estimate of drug-likeness (QED) is 0.900. The highest BCUT2D eigenvalue weighted by molar-refractivity contribution is 7.18. The summed E-state index contributed by atoms with van der Waals surface area (Å²) in [5, 5.41) is 4.66. The van der Waals surface area contributed by atoms with Gasteiger partial charge >= 0.3 is 0 Å². The van der Waals surface area contributed by atoms with Crippen LogP contribution in [-0.2, 0) is 0 Å². The topological polar surface area (TPSA) is 41.0 Å². The maximum Gasteiger partial charge on any atom is 0.141 e. The Kier molecular flexibility index (Phi) is 3.18. The van der Waals surface area contributed by atoms with Crippen LogP contribution < -0.4 is 10.2 Å². The molecular weight excluding hydrogens is 244 g/mol. The molecule has 1 aliphatic heterocycles. The van der Waals surface area contributed by atoms with Crippen molar-refractivity contribution in [1.29, 1.82) is 0 Å². The van der Waals surface area contributed by atoms with Gasteiger partial charge in [-0.2, -0.15) is 0 Å². The van der Waals surface area contributed by atoms with Crippen molar-refractivity contribution in [3.63, 3.8) is 0 Å². The third-order valence-electron chi connectivity index (χ3n) is 3.53. The van der Waals surface area contributed by atoms with Gasteiger partial charge in [0.1, 0.15) is 17.0 Å². The molecule has 3 heterocycles. The summed E-state index contributed by atoms with van der Waals surface area (Å²) in [6, 6.07) is 2.75. The Balaban J connectivity index is 2.06. The largest absolute Gasteiger partial charge is 0.350 e. The minimum absolute atomic E-state index is 0.539. The number of hydrogen-bond acceptors (Lipinski definition) is 5. The fraction of sp³-hybridized carbons (Fsp3) is 0.538. The molecule has 1 unspecified atom stereocenters. The summed E-state index contributed by atoms with van der Waals surface area (Å²) in [7, 11) is 0. The zero-order valence-electron chi connectivity index (χ0n) is 10.8. The lowest BCUT2D eigenvalue weighted by molar-refractivity contribution is 0.464. The Morgan fingerprint density at radius 1 is 1.50 bits per heavy atom. The third-order valence-corrected chi connectivity index (χ3v) is 4.48. The van der Waals surface area contributed by atoms with Gasteiger partial charge in [-0.25, -0.2) is 9.97 Å². The highest BCUT2D eigenvalue weighted by atomic mass is 32.1. The van der Waals surface area contributed by atoms with E-state index >= 15 is 0 Å². The molecule has 18 heavy (non-hydrogen) atoms. The van der Waals surface area contributed by atoms with E-state index < -0.39 is 0 Å².